The standard InChI is InChI=1S/C12H13N3O3/c1-7(16)15-10(12(17)18)5-8-6-14-11-9(8)3-2-4-13-11/h2-4,6,10H,5H2,1H3,(H,13,14)(H,15,16)(H,17,18). The number of carbonyl (C=O) groups excluding carboxylic acids is 1. The van der Waals surface area contributed by atoms with Crippen LogP contribution in [0.4, 0.5) is 0 Å². The van der Waals surface area contributed by atoms with Crippen molar-refractivity contribution in [3.05, 3.63) is 30.1 Å². The van der Waals surface area contributed by atoms with E-state index in [0.29, 0.717) is 5.65 Å². The minimum atomic E-state index is -1.05. The molecule has 0 aliphatic heterocycles. The van der Waals surface area contributed by atoms with Gasteiger partial charge in [0.1, 0.15) is 11.7 Å². The van der Waals surface area contributed by atoms with Crippen molar-refractivity contribution in [1.29, 1.82) is 0 Å². The fraction of sp³-hybridized carbons (Fsp3) is 0.250. The van der Waals surface area contributed by atoms with Gasteiger partial charge in [0.15, 0.2) is 0 Å². The Kier molecular flexibility index (Phi) is 3.27. The number of aromatic nitrogens is 2. The number of nitrogens with one attached hydrogen (secondary N) is 2. The van der Waals surface area contributed by atoms with Crippen LogP contribution in [0.2, 0.25) is 0 Å². The highest BCUT2D eigenvalue weighted by atomic mass is 16.4. The van der Waals surface area contributed by atoms with Crippen molar-refractivity contribution in [2.24, 2.45) is 0 Å². The zero-order valence-corrected chi connectivity index (χ0v) is 9.80. The summed E-state index contributed by atoms with van der Waals surface area (Å²) in [5, 5.41) is 12.3. The number of aromatic amines is 1. The minimum Gasteiger partial charge on any atom is -0.480 e. The number of hydrogen-bond donors (Lipinski definition) is 3. The fourth-order valence-corrected chi connectivity index (χ4v) is 1.85. The second-order valence-electron chi connectivity index (χ2n) is 4.01. The van der Waals surface area contributed by atoms with Gasteiger partial charge in [0.2, 0.25) is 5.91 Å². The van der Waals surface area contributed by atoms with E-state index in [1.54, 1.807) is 18.5 Å². The van der Waals surface area contributed by atoms with Crippen LogP contribution in [0, 0.1) is 0 Å². The molecule has 0 aliphatic carbocycles. The van der Waals surface area contributed by atoms with Gasteiger partial charge in [-0.1, -0.05) is 0 Å². The molecule has 0 saturated carbocycles. The first-order valence-corrected chi connectivity index (χ1v) is 5.49. The van der Waals surface area contributed by atoms with Gasteiger partial charge in [0, 0.05) is 31.1 Å². The van der Waals surface area contributed by atoms with E-state index < -0.39 is 12.0 Å². The lowest BCUT2D eigenvalue weighted by Gasteiger charge is -2.12. The molecule has 6 heteroatoms. The van der Waals surface area contributed by atoms with Gasteiger partial charge in [-0.2, -0.15) is 0 Å². The lowest BCUT2D eigenvalue weighted by molar-refractivity contribution is -0.141. The first-order valence-electron chi connectivity index (χ1n) is 5.49. The van der Waals surface area contributed by atoms with E-state index in [1.165, 1.54) is 6.92 Å². The summed E-state index contributed by atoms with van der Waals surface area (Å²) in [5.41, 5.74) is 1.53. The van der Waals surface area contributed by atoms with Gasteiger partial charge in [0.05, 0.1) is 0 Å². The largest absolute Gasteiger partial charge is 0.480 e. The van der Waals surface area contributed by atoms with Crippen LogP contribution in [-0.4, -0.2) is 33.0 Å². The third-order valence-electron chi connectivity index (χ3n) is 2.64. The number of carbonyl (C=O) groups is 2. The molecule has 1 amide bonds. The number of H-pyrrole nitrogens is 1. The Balaban J connectivity index is 2.26. The SMILES string of the molecule is CC(=O)NC(Cc1c[nH]c2ncccc12)C(=O)O. The number of hydrogen-bond acceptors (Lipinski definition) is 3. The molecule has 0 saturated heterocycles. The maximum Gasteiger partial charge on any atom is 0.326 e. The van der Waals surface area contributed by atoms with E-state index in [1.807, 2.05) is 6.07 Å². The van der Waals surface area contributed by atoms with Gasteiger partial charge < -0.3 is 15.4 Å². The summed E-state index contributed by atoms with van der Waals surface area (Å²) in [6.07, 6.45) is 3.60. The van der Waals surface area contributed by atoms with Crippen LogP contribution in [0.25, 0.3) is 11.0 Å². The fourth-order valence-electron chi connectivity index (χ4n) is 1.85. The van der Waals surface area contributed by atoms with Crippen molar-refractivity contribution < 1.29 is 14.7 Å². The first kappa shape index (κ1) is 12.1. The molecule has 2 aromatic heterocycles. The second kappa shape index (κ2) is 4.87. The molecule has 0 fully saturated rings. The molecule has 0 bridgehead atoms. The van der Waals surface area contributed by atoms with Crippen LogP contribution in [-0.2, 0) is 16.0 Å². The van der Waals surface area contributed by atoms with Gasteiger partial charge in [-0.15, -0.1) is 0 Å². The molecule has 2 aromatic rings. The van der Waals surface area contributed by atoms with Gasteiger partial charge in [-0.05, 0) is 17.7 Å². The zero-order chi connectivity index (χ0) is 13.1. The second-order valence-corrected chi connectivity index (χ2v) is 4.01. The summed E-state index contributed by atoms with van der Waals surface area (Å²) in [7, 11) is 0. The van der Waals surface area contributed by atoms with Crippen LogP contribution in [0.3, 0.4) is 0 Å². The zero-order valence-electron chi connectivity index (χ0n) is 9.80. The summed E-state index contributed by atoms with van der Waals surface area (Å²) < 4.78 is 0. The monoisotopic (exact) mass is 247 g/mol. The summed E-state index contributed by atoms with van der Waals surface area (Å²) in [4.78, 5) is 29.1. The Labute approximate surface area is 103 Å². The van der Waals surface area contributed by atoms with E-state index in [4.69, 9.17) is 5.11 Å². The van der Waals surface area contributed by atoms with Crippen LogP contribution in [0.5, 0.6) is 0 Å². The minimum absolute atomic E-state index is 0.223. The normalized spacial score (nSPS) is 12.3. The van der Waals surface area contributed by atoms with E-state index in [2.05, 4.69) is 15.3 Å². The number of carboxylic acids is 1. The van der Waals surface area contributed by atoms with E-state index in [9.17, 15) is 9.59 Å². The van der Waals surface area contributed by atoms with Crippen LogP contribution < -0.4 is 5.32 Å². The molecular formula is C12H13N3O3. The lowest BCUT2D eigenvalue weighted by Crippen LogP contribution is -2.41. The molecule has 0 aromatic carbocycles. The highest BCUT2D eigenvalue weighted by Gasteiger charge is 2.20. The van der Waals surface area contributed by atoms with Crippen LogP contribution in [0.15, 0.2) is 24.5 Å². The number of fused-ring (bicyclic) bond motifs is 1. The predicted molar refractivity (Wildman–Crippen MR) is 65.0 cm³/mol. The number of pyridine rings is 1. The van der Waals surface area contributed by atoms with E-state index in [0.717, 1.165) is 10.9 Å². The number of amides is 1. The van der Waals surface area contributed by atoms with E-state index >= 15 is 0 Å². The number of carboxylic acid groups (broad SMARTS) is 1. The smallest absolute Gasteiger partial charge is 0.326 e. The maximum atomic E-state index is 11.1. The first-order chi connectivity index (χ1) is 8.58. The molecule has 0 spiro atoms. The molecule has 0 aliphatic rings. The van der Waals surface area contributed by atoms with Gasteiger partial charge in [-0.25, -0.2) is 9.78 Å². The topological polar surface area (TPSA) is 95.1 Å². The number of rotatable bonds is 4. The molecular weight excluding hydrogens is 234 g/mol. The Hall–Kier alpha value is -2.37. The van der Waals surface area contributed by atoms with Crippen molar-refractivity contribution in [1.82, 2.24) is 15.3 Å². The average Bonchev–Trinajstić information content (AvgIpc) is 2.71. The molecule has 2 heterocycles. The third kappa shape index (κ3) is 2.48. The molecule has 6 nitrogen and oxygen atoms in total. The molecule has 18 heavy (non-hydrogen) atoms. The van der Waals surface area contributed by atoms with Crippen LogP contribution >= 0.6 is 0 Å². The number of aliphatic carboxylic acids is 1. The molecule has 0 radical (unpaired) electrons. The highest BCUT2D eigenvalue weighted by molar-refractivity contribution is 5.84. The van der Waals surface area contributed by atoms with E-state index in [-0.39, 0.29) is 12.3 Å². The quantitative estimate of drug-likeness (QED) is 0.741. The van der Waals surface area contributed by atoms with Crippen molar-refractivity contribution in [3.63, 3.8) is 0 Å². The Morgan fingerprint density at radius 2 is 2.33 bits per heavy atom. The molecule has 2 rings (SSSR count). The van der Waals surface area contributed by atoms with Crippen molar-refractivity contribution in [2.45, 2.75) is 19.4 Å². The molecule has 1 unspecified atom stereocenters. The maximum absolute atomic E-state index is 11.1. The van der Waals surface area contributed by atoms with Gasteiger partial charge in [-0.3, -0.25) is 4.79 Å². The summed E-state index contributed by atoms with van der Waals surface area (Å²) in [6, 6.07) is 2.72. The van der Waals surface area contributed by atoms with Crippen molar-refractivity contribution in [3.8, 4) is 0 Å². The van der Waals surface area contributed by atoms with Gasteiger partial charge >= 0.3 is 5.97 Å². The average molecular weight is 247 g/mol. The lowest BCUT2D eigenvalue weighted by atomic mass is 10.1. The third-order valence-corrected chi connectivity index (χ3v) is 2.64. The number of nitrogens with zero attached hydrogens (tertiary/aromatic N) is 1. The Bertz CT molecular complexity index is 591. The summed E-state index contributed by atoms with van der Waals surface area (Å²) >= 11 is 0. The summed E-state index contributed by atoms with van der Waals surface area (Å²) in [5.74, 6) is -1.41. The Morgan fingerprint density at radius 1 is 1.56 bits per heavy atom. The van der Waals surface area contributed by atoms with Crippen LogP contribution in [0.1, 0.15) is 12.5 Å². The molecule has 94 valence electrons. The molecule has 1 atom stereocenters. The van der Waals surface area contributed by atoms with Crippen molar-refractivity contribution in [2.75, 3.05) is 0 Å². The highest BCUT2D eigenvalue weighted by Crippen LogP contribution is 2.17. The Morgan fingerprint density at radius 3 is 3.00 bits per heavy atom. The molecule has 3 N–H and O–H groups in total. The summed E-state index contributed by atoms with van der Waals surface area (Å²) in [6.45, 7) is 1.30. The van der Waals surface area contributed by atoms with Gasteiger partial charge in [0.25, 0.3) is 0 Å². The predicted octanol–water partition coefficient (Wildman–Crippen LogP) is 0.695. The van der Waals surface area contributed by atoms with Crippen molar-refractivity contribution >= 4 is 22.9 Å².